The fourth-order valence-corrected chi connectivity index (χ4v) is 5.54. The topological polar surface area (TPSA) is 96.0 Å². The molecule has 8 nitrogen and oxygen atoms in total. The molecule has 0 aliphatic heterocycles. The predicted molar refractivity (Wildman–Crippen MR) is 144 cm³/mol. The Bertz CT molecular complexity index is 1360. The summed E-state index contributed by atoms with van der Waals surface area (Å²) in [4.78, 5) is 28.0. The second kappa shape index (κ2) is 12.6. The van der Waals surface area contributed by atoms with Crippen molar-refractivity contribution in [2.75, 3.05) is 25.0 Å². The lowest BCUT2D eigenvalue weighted by Crippen LogP contribution is -2.51. The number of sulfonamides is 1. The molecule has 0 bridgehead atoms. The Balaban J connectivity index is 2.11. The van der Waals surface area contributed by atoms with Gasteiger partial charge in [0.15, 0.2) is 0 Å². The van der Waals surface area contributed by atoms with E-state index in [1.54, 1.807) is 50.2 Å². The molecule has 38 heavy (non-hydrogen) atoms. The summed E-state index contributed by atoms with van der Waals surface area (Å²) < 4.78 is 47.7. The molecule has 0 radical (unpaired) electrons. The number of hydrogen-bond acceptors (Lipinski definition) is 5. The van der Waals surface area contributed by atoms with Crippen molar-refractivity contribution >= 4 is 27.5 Å². The van der Waals surface area contributed by atoms with Gasteiger partial charge in [0.25, 0.3) is 10.0 Å². The van der Waals surface area contributed by atoms with Gasteiger partial charge in [0.2, 0.25) is 11.8 Å². The molecule has 0 saturated heterocycles. The van der Waals surface area contributed by atoms with E-state index in [2.05, 4.69) is 5.32 Å². The smallest absolute Gasteiger partial charge is 0.264 e. The molecule has 1 atom stereocenters. The van der Waals surface area contributed by atoms with Crippen molar-refractivity contribution in [2.45, 2.75) is 37.8 Å². The van der Waals surface area contributed by atoms with Gasteiger partial charge in [-0.2, -0.15) is 0 Å². The number of nitrogens with one attached hydrogen (secondary N) is 1. The molecule has 0 aliphatic carbocycles. The first-order valence-electron chi connectivity index (χ1n) is 12.1. The number of likely N-dealkylation sites (N-methyl/N-ethyl adjacent to an activating group) is 1. The Kier molecular flexibility index (Phi) is 9.46. The number of anilines is 1. The van der Waals surface area contributed by atoms with E-state index in [4.69, 9.17) is 4.74 Å². The van der Waals surface area contributed by atoms with Crippen LogP contribution in [-0.4, -0.2) is 51.9 Å². The molecule has 2 amide bonds. The standard InChI is InChI=1S/C28H32FN3O5S/c1-5-24(28(34)30-3)31(18-21-12-14-22(29)15-13-21)27(33)19-32(25-17-20(2)11-16-26(25)37-4)38(35,36)23-9-7-6-8-10-23/h6-17,24H,5,18-19H2,1-4H3,(H,30,34)/t24-/m0/s1. The van der Waals surface area contributed by atoms with Crippen LogP contribution in [0.2, 0.25) is 0 Å². The number of ether oxygens (including phenoxy) is 1. The van der Waals surface area contributed by atoms with Gasteiger partial charge in [-0.1, -0.05) is 43.3 Å². The highest BCUT2D eigenvalue weighted by molar-refractivity contribution is 7.92. The van der Waals surface area contributed by atoms with E-state index in [0.29, 0.717) is 5.56 Å². The van der Waals surface area contributed by atoms with Gasteiger partial charge in [-0.3, -0.25) is 13.9 Å². The molecular formula is C28H32FN3O5S. The van der Waals surface area contributed by atoms with Crippen molar-refractivity contribution in [1.29, 1.82) is 0 Å². The Morgan fingerprint density at radius 1 is 1.03 bits per heavy atom. The van der Waals surface area contributed by atoms with Crippen molar-refractivity contribution in [3.63, 3.8) is 0 Å². The second-order valence-corrected chi connectivity index (χ2v) is 10.5. The van der Waals surface area contributed by atoms with Crippen LogP contribution in [0.4, 0.5) is 10.1 Å². The summed E-state index contributed by atoms with van der Waals surface area (Å²) in [5.41, 5.74) is 1.55. The summed E-state index contributed by atoms with van der Waals surface area (Å²) in [6.45, 7) is 2.95. The van der Waals surface area contributed by atoms with Crippen LogP contribution in [0.5, 0.6) is 5.75 Å². The van der Waals surface area contributed by atoms with Gasteiger partial charge in [-0.05, 0) is 60.9 Å². The van der Waals surface area contributed by atoms with Crippen LogP contribution < -0.4 is 14.4 Å². The van der Waals surface area contributed by atoms with Crippen LogP contribution in [0.25, 0.3) is 0 Å². The fourth-order valence-electron chi connectivity index (χ4n) is 4.10. The largest absolute Gasteiger partial charge is 0.495 e. The van der Waals surface area contributed by atoms with Crippen LogP contribution in [0.3, 0.4) is 0 Å². The van der Waals surface area contributed by atoms with E-state index in [-0.39, 0.29) is 29.3 Å². The number of benzene rings is 3. The van der Waals surface area contributed by atoms with Crippen LogP contribution in [0.1, 0.15) is 24.5 Å². The number of methoxy groups -OCH3 is 1. The predicted octanol–water partition coefficient (Wildman–Crippen LogP) is 3.89. The molecule has 202 valence electrons. The van der Waals surface area contributed by atoms with Crippen molar-refractivity contribution < 1.29 is 27.1 Å². The number of amides is 2. The van der Waals surface area contributed by atoms with E-state index in [0.717, 1.165) is 9.87 Å². The summed E-state index contributed by atoms with van der Waals surface area (Å²) in [6, 6.07) is 17.5. The second-order valence-electron chi connectivity index (χ2n) is 8.69. The van der Waals surface area contributed by atoms with Gasteiger partial charge >= 0.3 is 0 Å². The number of carbonyl (C=O) groups excluding carboxylic acids is 2. The van der Waals surface area contributed by atoms with E-state index >= 15 is 0 Å². The third-order valence-electron chi connectivity index (χ3n) is 6.11. The van der Waals surface area contributed by atoms with Gasteiger partial charge in [0.05, 0.1) is 17.7 Å². The fraction of sp³-hybridized carbons (Fsp3) is 0.286. The number of rotatable bonds is 11. The Labute approximate surface area is 223 Å². The third kappa shape index (κ3) is 6.49. The van der Waals surface area contributed by atoms with Crippen LogP contribution >= 0.6 is 0 Å². The first kappa shape index (κ1) is 28.6. The van der Waals surface area contributed by atoms with Crippen molar-refractivity contribution in [1.82, 2.24) is 10.2 Å². The maximum atomic E-state index is 13.9. The number of aryl methyl sites for hydroxylation is 1. The summed E-state index contributed by atoms with van der Waals surface area (Å²) >= 11 is 0. The molecule has 0 unspecified atom stereocenters. The molecule has 0 spiro atoms. The lowest BCUT2D eigenvalue weighted by atomic mass is 10.1. The molecule has 3 aromatic rings. The van der Waals surface area contributed by atoms with E-state index < -0.39 is 40.2 Å². The minimum absolute atomic E-state index is 0.000198. The number of halogens is 1. The molecule has 0 aliphatic rings. The van der Waals surface area contributed by atoms with Gasteiger partial charge in [-0.15, -0.1) is 0 Å². The minimum Gasteiger partial charge on any atom is -0.495 e. The van der Waals surface area contributed by atoms with Crippen LogP contribution in [0, 0.1) is 12.7 Å². The maximum Gasteiger partial charge on any atom is 0.264 e. The average molecular weight is 542 g/mol. The third-order valence-corrected chi connectivity index (χ3v) is 7.89. The van der Waals surface area contributed by atoms with Crippen molar-refractivity contribution in [2.24, 2.45) is 0 Å². The SMILES string of the molecule is CC[C@@H](C(=O)NC)N(Cc1ccc(F)cc1)C(=O)CN(c1cc(C)ccc1OC)S(=O)(=O)c1ccccc1. The normalized spacial score (nSPS) is 11.9. The van der Waals surface area contributed by atoms with Gasteiger partial charge in [-0.25, -0.2) is 12.8 Å². The number of nitrogens with zero attached hydrogens (tertiary/aromatic N) is 2. The van der Waals surface area contributed by atoms with E-state index in [9.17, 15) is 22.4 Å². The van der Waals surface area contributed by atoms with Crippen LogP contribution in [-0.2, 0) is 26.2 Å². The maximum absolute atomic E-state index is 13.9. The molecule has 0 fully saturated rings. The first-order valence-corrected chi connectivity index (χ1v) is 13.5. The number of carbonyl (C=O) groups is 2. The zero-order chi connectivity index (χ0) is 27.9. The lowest BCUT2D eigenvalue weighted by Gasteiger charge is -2.33. The van der Waals surface area contributed by atoms with E-state index in [1.807, 2.05) is 0 Å². The van der Waals surface area contributed by atoms with Crippen LogP contribution in [0.15, 0.2) is 77.7 Å². The van der Waals surface area contributed by atoms with Crippen molar-refractivity contribution in [3.05, 3.63) is 89.7 Å². The summed E-state index contributed by atoms with van der Waals surface area (Å²) in [5.74, 6) is -1.16. The molecule has 0 heterocycles. The molecule has 1 N–H and O–H groups in total. The quantitative estimate of drug-likeness (QED) is 0.397. The van der Waals surface area contributed by atoms with Crippen molar-refractivity contribution in [3.8, 4) is 5.75 Å². The zero-order valence-corrected chi connectivity index (χ0v) is 22.7. The summed E-state index contributed by atoms with van der Waals surface area (Å²) in [6.07, 6.45) is 0.284. The average Bonchev–Trinajstić information content (AvgIpc) is 2.92. The van der Waals surface area contributed by atoms with Gasteiger partial charge in [0, 0.05) is 13.6 Å². The lowest BCUT2D eigenvalue weighted by molar-refractivity contribution is -0.140. The molecule has 0 aromatic heterocycles. The highest BCUT2D eigenvalue weighted by atomic mass is 32.2. The minimum atomic E-state index is -4.21. The number of hydrogen-bond donors (Lipinski definition) is 1. The van der Waals surface area contributed by atoms with Gasteiger partial charge in [0.1, 0.15) is 24.2 Å². The monoisotopic (exact) mass is 541 g/mol. The van der Waals surface area contributed by atoms with E-state index in [1.165, 1.54) is 55.5 Å². The molecule has 3 rings (SSSR count). The molecule has 3 aromatic carbocycles. The zero-order valence-electron chi connectivity index (χ0n) is 21.8. The first-order chi connectivity index (χ1) is 18.1. The Hall–Kier alpha value is -3.92. The summed E-state index contributed by atoms with van der Waals surface area (Å²) in [5, 5.41) is 2.57. The summed E-state index contributed by atoms with van der Waals surface area (Å²) in [7, 11) is -1.33. The molecule has 0 saturated carbocycles. The molecule has 10 heteroatoms. The highest BCUT2D eigenvalue weighted by Gasteiger charge is 2.34. The Morgan fingerprint density at radius 3 is 2.26 bits per heavy atom. The molecular weight excluding hydrogens is 509 g/mol. The Morgan fingerprint density at radius 2 is 1.68 bits per heavy atom. The highest BCUT2D eigenvalue weighted by Crippen LogP contribution is 2.33. The van der Waals surface area contributed by atoms with Gasteiger partial charge < -0.3 is 15.0 Å².